The fourth-order valence-electron chi connectivity index (χ4n) is 5.66. The van der Waals surface area contributed by atoms with Crippen LogP contribution in [0.1, 0.15) is 87.4 Å². The van der Waals surface area contributed by atoms with E-state index in [1.165, 1.54) is 10.7 Å². The number of urea groups is 1. The number of fused-ring (bicyclic) bond motifs is 1. The van der Waals surface area contributed by atoms with Crippen LogP contribution in [0.15, 0.2) is 60.7 Å². The second kappa shape index (κ2) is 18.3. The molecule has 0 fully saturated rings. The minimum absolute atomic E-state index is 0.0227. The van der Waals surface area contributed by atoms with Crippen LogP contribution in [0.4, 0.5) is 26.4 Å². The Hall–Kier alpha value is -5.26. The summed E-state index contributed by atoms with van der Waals surface area (Å²) in [5.74, 6) is -1.54. The van der Waals surface area contributed by atoms with Crippen molar-refractivity contribution in [1.29, 1.82) is 0 Å². The Labute approximate surface area is 285 Å². The summed E-state index contributed by atoms with van der Waals surface area (Å²) in [6.45, 7) is 2.39. The molecular weight excluding hydrogens is 627 g/mol. The molecule has 0 atom stereocenters. The molecule has 6 N–H and O–H groups in total. The number of benzene rings is 3. The van der Waals surface area contributed by atoms with E-state index in [9.17, 15) is 23.6 Å². The first-order valence-electron chi connectivity index (χ1n) is 16.9. The number of unbranched alkanes of at least 4 members (excludes halogenated alkanes) is 8. The van der Waals surface area contributed by atoms with Crippen molar-refractivity contribution in [3.05, 3.63) is 72.0 Å². The second-order valence-electron chi connectivity index (χ2n) is 12.2. The summed E-state index contributed by atoms with van der Waals surface area (Å²) in [7, 11) is 0. The zero-order valence-corrected chi connectivity index (χ0v) is 27.9. The molecule has 1 heterocycles. The third-order valence-corrected chi connectivity index (χ3v) is 8.25. The maximum absolute atomic E-state index is 14.0. The normalized spacial score (nSPS) is 11.0. The molecule has 0 unspecified atom stereocenters. The smallest absolute Gasteiger partial charge is 0.323 e. The highest BCUT2D eigenvalue weighted by Gasteiger charge is 2.18. The fraction of sp³-hybridized carbons (Fsp3) is 0.378. The van der Waals surface area contributed by atoms with Gasteiger partial charge in [-0.15, -0.1) is 5.10 Å². The van der Waals surface area contributed by atoms with Gasteiger partial charge in [-0.1, -0.05) is 75.3 Å². The molecule has 4 rings (SSSR count). The number of carboxylic acid groups (broad SMARTS) is 1. The number of halogens is 1. The average molecular weight is 673 g/mol. The van der Waals surface area contributed by atoms with Gasteiger partial charge in [0.15, 0.2) is 5.82 Å². The Balaban J connectivity index is 1.19. The number of carboxylic acids is 1. The molecule has 11 nitrogen and oxygen atoms in total. The van der Waals surface area contributed by atoms with E-state index >= 15 is 0 Å². The minimum Gasteiger partial charge on any atom is -0.481 e. The van der Waals surface area contributed by atoms with E-state index in [4.69, 9.17) is 10.8 Å². The summed E-state index contributed by atoms with van der Waals surface area (Å²) in [6, 6.07) is 16.7. The fourth-order valence-corrected chi connectivity index (χ4v) is 5.66. The van der Waals surface area contributed by atoms with E-state index < -0.39 is 17.8 Å². The SMILES string of the molecule is Cc1ccc(F)c(NC(=O)Nc2ccc(-c3cccc4c3c(N)nn4C(=O)CCCCCCCCCCCNC(=O)CCC(=O)O)cc2)c1. The first-order valence-corrected chi connectivity index (χ1v) is 16.9. The molecule has 49 heavy (non-hydrogen) atoms. The van der Waals surface area contributed by atoms with Crippen molar-refractivity contribution in [2.24, 2.45) is 0 Å². The predicted molar refractivity (Wildman–Crippen MR) is 190 cm³/mol. The van der Waals surface area contributed by atoms with Crippen LogP contribution in [0.2, 0.25) is 0 Å². The van der Waals surface area contributed by atoms with Crippen molar-refractivity contribution in [1.82, 2.24) is 15.1 Å². The Morgan fingerprint density at radius 1 is 0.816 bits per heavy atom. The van der Waals surface area contributed by atoms with Crippen LogP contribution in [0.5, 0.6) is 0 Å². The highest BCUT2D eigenvalue weighted by molar-refractivity contribution is 6.05. The molecule has 0 bridgehead atoms. The number of aromatic nitrogens is 2. The van der Waals surface area contributed by atoms with E-state index in [0.717, 1.165) is 74.5 Å². The number of carbonyl (C=O) groups excluding carboxylic acids is 3. The summed E-state index contributed by atoms with van der Waals surface area (Å²) >= 11 is 0. The van der Waals surface area contributed by atoms with Crippen LogP contribution < -0.4 is 21.7 Å². The van der Waals surface area contributed by atoms with E-state index in [1.54, 1.807) is 24.3 Å². The van der Waals surface area contributed by atoms with Gasteiger partial charge in [0.25, 0.3) is 0 Å². The monoisotopic (exact) mass is 672 g/mol. The number of aryl methyl sites for hydroxylation is 1. The summed E-state index contributed by atoms with van der Waals surface area (Å²) in [6.07, 6.45) is 9.37. The Morgan fingerprint density at radius 3 is 2.18 bits per heavy atom. The Morgan fingerprint density at radius 2 is 1.49 bits per heavy atom. The van der Waals surface area contributed by atoms with Gasteiger partial charge in [-0.25, -0.2) is 9.18 Å². The number of amides is 3. The molecule has 3 amide bonds. The van der Waals surface area contributed by atoms with E-state index in [2.05, 4.69) is 21.0 Å². The molecule has 260 valence electrons. The summed E-state index contributed by atoms with van der Waals surface area (Å²) in [5, 5.41) is 21.7. The van der Waals surface area contributed by atoms with Gasteiger partial charge in [-0.2, -0.15) is 4.68 Å². The van der Waals surface area contributed by atoms with E-state index in [0.29, 0.717) is 29.6 Å². The van der Waals surface area contributed by atoms with Crippen molar-refractivity contribution in [3.63, 3.8) is 0 Å². The quantitative estimate of drug-likeness (QED) is 0.0669. The zero-order valence-electron chi connectivity index (χ0n) is 27.9. The summed E-state index contributed by atoms with van der Waals surface area (Å²) in [5.41, 5.74) is 10.1. The summed E-state index contributed by atoms with van der Waals surface area (Å²) < 4.78 is 15.4. The molecule has 0 aliphatic carbocycles. The number of nitrogens with zero attached hydrogens (tertiary/aromatic N) is 2. The number of hydrogen-bond donors (Lipinski definition) is 5. The zero-order chi connectivity index (χ0) is 35.2. The topological polar surface area (TPSA) is 168 Å². The van der Waals surface area contributed by atoms with Gasteiger partial charge in [0, 0.05) is 25.1 Å². The van der Waals surface area contributed by atoms with Gasteiger partial charge >= 0.3 is 12.0 Å². The lowest BCUT2D eigenvalue weighted by molar-refractivity contribution is -0.138. The molecule has 0 saturated heterocycles. The van der Waals surface area contributed by atoms with Crippen LogP contribution in [-0.2, 0) is 9.59 Å². The highest BCUT2D eigenvalue weighted by atomic mass is 19.1. The van der Waals surface area contributed by atoms with Crippen molar-refractivity contribution in [2.45, 2.75) is 84.0 Å². The number of nitrogens with one attached hydrogen (secondary N) is 3. The predicted octanol–water partition coefficient (Wildman–Crippen LogP) is 7.90. The van der Waals surface area contributed by atoms with Crippen molar-refractivity contribution >= 4 is 51.9 Å². The first kappa shape index (κ1) is 36.6. The number of carbonyl (C=O) groups is 4. The minimum atomic E-state index is -0.965. The molecule has 0 aliphatic rings. The van der Waals surface area contributed by atoms with E-state index in [-0.39, 0.29) is 36.2 Å². The van der Waals surface area contributed by atoms with Gasteiger partial charge in [0.05, 0.1) is 23.0 Å². The number of aliphatic carboxylic acids is 1. The van der Waals surface area contributed by atoms with Gasteiger partial charge < -0.3 is 26.8 Å². The lowest BCUT2D eigenvalue weighted by Crippen LogP contribution is -2.24. The Kier molecular flexibility index (Phi) is 13.7. The van der Waals surface area contributed by atoms with Crippen LogP contribution >= 0.6 is 0 Å². The third-order valence-electron chi connectivity index (χ3n) is 8.25. The first-order chi connectivity index (χ1) is 23.6. The van der Waals surface area contributed by atoms with Crippen molar-refractivity contribution in [2.75, 3.05) is 22.9 Å². The van der Waals surface area contributed by atoms with Gasteiger partial charge in [-0.3, -0.25) is 14.4 Å². The third kappa shape index (κ3) is 11.2. The number of rotatable bonds is 18. The number of nitrogen functional groups attached to an aromatic ring is 1. The standard InChI is InChI=1S/C37H45FN6O5/c1-25-15-20-29(38)30(24-25)42-37(49)41-27-18-16-26(17-19-27)28-12-11-13-31-35(28)36(39)43-44(31)33(46)14-9-7-5-3-2-4-6-8-10-23-40-32(45)21-22-34(47)48/h11-13,15-20,24H,2-10,14,21-23H2,1H3,(H2,39,43)(H,40,45)(H,47,48)(H2,41,42,49). The van der Waals surface area contributed by atoms with Crippen molar-refractivity contribution in [3.8, 4) is 11.1 Å². The summed E-state index contributed by atoms with van der Waals surface area (Å²) in [4.78, 5) is 47.6. The van der Waals surface area contributed by atoms with Gasteiger partial charge in [-0.05, 0) is 66.8 Å². The molecule has 3 aromatic carbocycles. The molecule has 0 radical (unpaired) electrons. The molecule has 12 heteroatoms. The maximum atomic E-state index is 14.0. The average Bonchev–Trinajstić information content (AvgIpc) is 3.42. The lowest BCUT2D eigenvalue weighted by atomic mass is 10.0. The highest BCUT2D eigenvalue weighted by Crippen LogP contribution is 2.33. The molecule has 0 spiro atoms. The number of hydrogen-bond acceptors (Lipinski definition) is 6. The molecule has 0 aliphatic heterocycles. The van der Waals surface area contributed by atoms with Crippen LogP contribution in [0.25, 0.3) is 22.0 Å². The number of nitrogens with two attached hydrogens (primary N) is 1. The second-order valence-corrected chi connectivity index (χ2v) is 12.2. The van der Waals surface area contributed by atoms with Crippen molar-refractivity contribution < 1.29 is 28.7 Å². The van der Waals surface area contributed by atoms with Gasteiger partial charge in [0.2, 0.25) is 11.8 Å². The maximum Gasteiger partial charge on any atom is 0.323 e. The lowest BCUT2D eigenvalue weighted by Gasteiger charge is -2.10. The molecule has 4 aromatic rings. The van der Waals surface area contributed by atoms with Crippen LogP contribution in [-0.4, -0.2) is 45.2 Å². The molecule has 0 saturated carbocycles. The number of anilines is 3. The largest absolute Gasteiger partial charge is 0.481 e. The van der Waals surface area contributed by atoms with Crippen LogP contribution in [0.3, 0.4) is 0 Å². The van der Waals surface area contributed by atoms with E-state index in [1.807, 2.05) is 37.3 Å². The molecular formula is C37H45FN6O5. The van der Waals surface area contributed by atoms with Gasteiger partial charge in [0.1, 0.15) is 5.82 Å². The Bertz CT molecular complexity index is 1750. The van der Waals surface area contributed by atoms with Crippen LogP contribution in [0, 0.1) is 12.7 Å². The molecule has 1 aromatic heterocycles.